The third-order valence-electron chi connectivity index (χ3n) is 5.75. The van der Waals surface area contributed by atoms with Crippen LogP contribution in [0.25, 0.3) is 10.9 Å². The number of ether oxygens (including phenoxy) is 3. The highest BCUT2D eigenvalue weighted by molar-refractivity contribution is 5.77. The van der Waals surface area contributed by atoms with Crippen molar-refractivity contribution in [2.24, 2.45) is 0 Å². The average Bonchev–Trinajstić information content (AvgIpc) is 2.90. The number of aromatic nitrogens is 2. The third-order valence-corrected chi connectivity index (χ3v) is 5.75. The molecule has 0 amide bonds. The van der Waals surface area contributed by atoms with Gasteiger partial charge >= 0.3 is 5.69 Å². The lowest BCUT2D eigenvalue weighted by atomic mass is 10.2. The first-order valence-corrected chi connectivity index (χ1v) is 11.4. The summed E-state index contributed by atoms with van der Waals surface area (Å²) in [5.41, 5.74) is 0.839. The fourth-order valence-electron chi connectivity index (χ4n) is 3.93. The van der Waals surface area contributed by atoms with Crippen LogP contribution in [0.2, 0.25) is 0 Å². The predicted octanol–water partition coefficient (Wildman–Crippen LogP) is 2.90. The van der Waals surface area contributed by atoms with E-state index in [0.717, 1.165) is 11.3 Å². The normalized spacial score (nSPS) is 10.9. The summed E-state index contributed by atoms with van der Waals surface area (Å²) >= 11 is 0. The molecule has 0 saturated heterocycles. The summed E-state index contributed by atoms with van der Waals surface area (Å²) in [4.78, 5) is 26.5. The molecule has 8 nitrogen and oxygen atoms in total. The van der Waals surface area contributed by atoms with E-state index in [1.807, 2.05) is 60.7 Å². The molecule has 1 N–H and O–H groups in total. The van der Waals surface area contributed by atoms with Crippen molar-refractivity contribution in [2.75, 3.05) is 33.9 Å². The number of hydrogen-bond acceptors (Lipinski definition) is 6. The minimum absolute atomic E-state index is 0.187. The van der Waals surface area contributed by atoms with Gasteiger partial charge in [-0.15, -0.1) is 0 Å². The molecule has 0 aliphatic carbocycles. The molecule has 8 heteroatoms. The number of para-hydroxylation sites is 3. The van der Waals surface area contributed by atoms with Gasteiger partial charge in [0.05, 0.1) is 31.7 Å². The molecular formula is C27H29N3O5. The van der Waals surface area contributed by atoms with E-state index in [-0.39, 0.29) is 17.8 Å². The lowest BCUT2D eigenvalue weighted by molar-refractivity contribution is 0.291. The van der Waals surface area contributed by atoms with Crippen molar-refractivity contribution in [1.82, 2.24) is 14.5 Å². The van der Waals surface area contributed by atoms with E-state index in [1.165, 1.54) is 4.57 Å². The molecule has 182 valence electrons. The van der Waals surface area contributed by atoms with E-state index in [4.69, 9.17) is 14.2 Å². The van der Waals surface area contributed by atoms with E-state index in [2.05, 4.69) is 5.32 Å². The maximum Gasteiger partial charge on any atom is 0.331 e. The third kappa shape index (κ3) is 5.55. The quantitative estimate of drug-likeness (QED) is 0.336. The number of fused-ring (bicyclic) bond motifs is 1. The summed E-state index contributed by atoms with van der Waals surface area (Å²) in [5.74, 6) is 2.09. The van der Waals surface area contributed by atoms with Crippen molar-refractivity contribution in [1.29, 1.82) is 0 Å². The number of hydrogen-bond donors (Lipinski definition) is 1. The van der Waals surface area contributed by atoms with Crippen molar-refractivity contribution < 1.29 is 14.2 Å². The molecule has 0 radical (unpaired) electrons. The Balaban J connectivity index is 1.46. The topological polar surface area (TPSA) is 83.7 Å². The Labute approximate surface area is 203 Å². The minimum Gasteiger partial charge on any atom is -0.497 e. The fourth-order valence-corrected chi connectivity index (χ4v) is 3.93. The Morgan fingerprint density at radius 3 is 2.23 bits per heavy atom. The van der Waals surface area contributed by atoms with Crippen molar-refractivity contribution in [3.63, 3.8) is 0 Å². The molecule has 0 atom stereocenters. The maximum absolute atomic E-state index is 13.3. The number of nitrogens with one attached hydrogen (secondary N) is 1. The first-order valence-electron chi connectivity index (χ1n) is 11.4. The molecule has 0 saturated carbocycles. The SMILES string of the molecule is COc1ccc(Cn2c(=O)c3ccccc3n(CCNCCOc3ccccc3OC)c2=O)cc1. The van der Waals surface area contributed by atoms with Crippen LogP contribution in [0.15, 0.2) is 82.4 Å². The lowest BCUT2D eigenvalue weighted by Gasteiger charge is -2.15. The van der Waals surface area contributed by atoms with Crippen molar-refractivity contribution in [3.05, 3.63) is 99.2 Å². The van der Waals surface area contributed by atoms with E-state index in [9.17, 15) is 9.59 Å². The molecule has 3 aromatic carbocycles. The second-order valence-electron chi connectivity index (χ2n) is 7.94. The monoisotopic (exact) mass is 475 g/mol. The van der Waals surface area contributed by atoms with Gasteiger partial charge in [-0.2, -0.15) is 0 Å². The summed E-state index contributed by atoms with van der Waals surface area (Å²) in [6.07, 6.45) is 0. The highest BCUT2D eigenvalue weighted by atomic mass is 16.5. The summed E-state index contributed by atoms with van der Waals surface area (Å²) in [5, 5.41) is 3.82. The Kier molecular flexibility index (Phi) is 7.84. The summed E-state index contributed by atoms with van der Waals surface area (Å²) in [6.45, 7) is 2.19. The highest BCUT2D eigenvalue weighted by Gasteiger charge is 2.13. The molecule has 35 heavy (non-hydrogen) atoms. The van der Waals surface area contributed by atoms with Crippen LogP contribution in [0, 0.1) is 0 Å². The minimum atomic E-state index is -0.336. The van der Waals surface area contributed by atoms with Gasteiger partial charge in [-0.05, 0) is 42.0 Å². The standard InChI is InChI=1S/C27H29N3O5/c1-33-21-13-11-20(12-14-21)19-30-26(31)22-7-3-4-8-23(22)29(27(30)32)17-15-28-16-18-35-25-10-6-5-9-24(25)34-2/h3-14,28H,15-19H2,1-2H3. The van der Waals surface area contributed by atoms with Crippen LogP contribution in [-0.2, 0) is 13.1 Å². The molecule has 0 bridgehead atoms. The van der Waals surface area contributed by atoms with Crippen molar-refractivity contribution >= 4 is 10.9 Å². The largest absolute Gasteiger partial charge is 0.497 e. The van der Waals surface area contributed by atoms with Crippen LogP contribution in [0.1, 0.15) is 5.56 Å². The van der Waals surface area contributed by atoms with Crippen LogP contribution < -0.4 is 30.8 Å². The van der Waals surface area contributed by atoms with Crippen molar-refractivity contribution in [3.8, 4) is 17.2 Å². The molecule has 4 rings (SSSR count). The van der Waals surface area contributed by atoms with Crippen LogP contribution in [-0.4, -0.2) is 43.1 Å². The van der Waals surface area contributed by atoms with Gasteiger partial charge in [0, 0.05) is 19.6 Å². The molecule has 0 fully saturated rings. The number of benzene rings is 3. The van der Waals surface area contributed by atoms with Gasteiger partial charge in [-0.25, -0.2) is 4.79 Å². The van der Waals surface area contributed by atoms with Crippen LogP contribution in [0.5, 0.6) is 17.2 Å². The van der Waals surface area contributed by atoms with E-state index in [1.54, 1.807) is 30.9 Å². The number of methoxy groups -OCH3 is 2. The van der Waals surface area contributed by atoms with Gasteiger partial charge in [-0.3, -0.25) is 13.9 Å². The van der Waals surface area contributed by atoms with Gasteiger partial charge < -0.3 is 19.5 Å². The van der Waals surface area contributed by atoms with Gasteiger partial charge in [0.15, 0.2) is 11.5 Å². The zero-order chi connectivity index (χ0) is 24.6. The summed E-state index contributed by atoms with van der Waals surface area (Å²) in [6, 6.07) is 22.0. The van der Waals surface area contributed by atoms with Gasteiger partial charge in [-0.1, -0.05) is 36.4 Å². The second-order valence-corrected chi connectivity index (χ2v) is 7.94. The smallest absolute Gasteiger partial charge is 0.331 e. The maximum atomic E-state index is 13.3. The Morgan fingerprint density at radius 2 is 1.49 bits per heavy atom. The second kappa shape index (κ2) is 11.4. The zero-order valence-electron chi connectivity index (χ0n) is 19.9. The van der Waals surface area contributed by atoms with Gasteiger partial charge in [0.1, 0.15) is 12.4 Å². The summed E-state index contributed by atoms with van der Waals surface area (Å²) < 4.78 is 19.2. The Bertz CT molecular complexity index is 1390. The van der Waals surface area contributed by atoms with E-state index in [0.29, 0.717) is 48.6 Å². The molecule has 1 heterocycles. The van der Waals surface area contributed by atoms with E-state index < -0.39 is 0 Å². The van der Waals surface area contributed by atoms with Crippen LogP contribution in [0.4, 0.5) is 0 Å². The molecule has 0 aliphatic heterocycles. The molecule has 0 unspecified atom stereocenters. The van der Waals surface area contributed by atoms with Gasteiger partial charge in [0.2, 0.25) is 0 Å². The first-order chi connectivity index (χ1) is 17.1. The molecule has 0 spiro atoms. The van der Waals surface area contributed by atoms with Crippen molar-refractivity contribution in [2.45, 2.75) is 13.1 Å². The first kappa shape index (κ1) is 24.1. The zero-order valence-corrected chi connectivity index (χ0v) is 19.9. The summed E-state index contributed by atoms with van der Waals surface area (Å²) in [7, 11) is 3.21. The Morgan fingerprint density at radius 1 is 0.771 bits per heavy atom. The molecule has 1 aromatic heterocycles. The van der Waals surface area contributed by atoms with Gasteiger partial charge in [0.25, 0.3) is 5.56 Å². The predicted molar refractivity (Wildman–Crippen MR) is 136 cm³/mol. The van der Waals surface area contributed by atoms with Crippen LogP contribution in [0.3, 0.4) is 0 Å². The number of rotatable bonds is 11. The number of nitrogens with zero attached hydrogens (tertiary/aromatic N) is 2. The lowest BCUT2D eigenvalue weighted by Crippen LogP contribution is -2.41. The highest BCUT2D eigenvalue weighted by Crippen LogP contribution is 2.25. The fraction of sp³-hybridized carbons (Fsp3) is 0.259. The van der Waals surface area contributed by atoms with E-state index >= 15 is 0 Å². The molecular weight excluding hydrogens is 446 g/mol. The van der Waals surface area contributed by atoms with Crippen LogP contribution >= 0.6 is 0 Å². The average molecular weight is 476 g/mol. The molecule has 0 aliphatic rings. The Hall–Kier alpha value is -4.04. The molecule has 4 aromatic rings.